The maximum Gasteiger partial charge on any atom is 0.259 e. The number of anilines is 1. The average Bonchev–Trinajstić information content (AvgIpc) is 2.81. The zero-order valence-corrected chi connectivity index (χ0v) is 19.7. The van der Waals surface area contributed by atoms with Gasteiger partial charge in [-0.2, -0.15) is 0 Å². The maximum atomic E-state index is 13.2. The molecule has 0 heterocycles. The first-order valence-corrected chi connectivity index (χ1v) is 10.6. The van der Waals surface area contributed by atoms with Gasteiger partial charge in [0.05, 0.1) is 26.9 Å². The van der Waals surface area contributed by atoms with Crippen LogP contribution < -0.4 is 30.0 Å². The fraction of sp³-hybridized carbons (Fsp3) is 0.269. The molecule has 0 saturated heterocycles. The number of nitrogens with one attached hydrogen (secondary N) is 1. The van der Waals surface area contributed by atoms with E-state index in [2.05, 4.69) is 5.32 Å². The highest BCUT2D eigenvalue weighted by atomic mass is 16.5. The number of benzene rings is 3. The molecule has 0 atom stereocenters. The SMILES string of the molecule is COc1c(Oc2ccc(CCN)cc2)cc(C(=O)Nc2ccc(C)c(C)c2)c(OC)c1OC. The third-order valence-corrected chi connectivity index (χ3v) is 5.36. The normalized spacial score (nSPS) is 10.5. The van der Waals surface area contributed by atoms with Crippen LogP contribution in [0.15, 0.2) is 48.5 Å². The molecular weight excluding hydrogens is 420 g/mol. The van der Waals surface area contributed by atoms with Crippen LogP contribution in [0.25, 0.3) is 0 Å². The van der Waals surface area contributed by atoms with Crippen LogP contribution in [0, 0.1) is 13.8 Å². The summed E-state index contributed by atoms with van der Waals surface area (Å²) < 4.78 is 22.7. The molecule has 0 radical (unpaired) electrons. The Morgan fingerprint density at radius 1 is 0.848 bits per heavy atom. The molecule has 174 valence electrons. The molecule has 0 spiro atoms. The van der Waals surface area contributed by atoms with Crippen LogP contribution in [0.3, 0.4) is 0 Å². The van der Waals surface area contributed by atoms with Gasteiger partial charge in [-0.25, -0.2) is 0 Å². The zero-order chi connectivity index (χ0) is 24.0. The smallest absolute Gasteiger partial charge is 0.259 e. The second-order valence-corrected chi connectivity index (χ2v) is 7.56. The van der Waals surface area contributed by atoms with Crippen molar-refractivity contribution in [2.75, 3.05) is 33.2 Å². The Kier molecular flexibility index (Phi) is 7.79. The molecule has 3 aromatic rings. The summed E-state index contributed by atoms with van der Waals surface area (Å²) in [6.45, 7) is 4.58. The van der Waals surface area contributed by atoms with Crippen molar-refractivity contribution in [2.45, 2.75) is 20.3 Å². The molecule has 3 rings (SSSR count). The van der Waals surface area contributed by atoms with Gasteiger partial charge in [-0.05, 0) is 67.8 Å². The first-order chi connectivity index (χ1) is 15.9. The first kappa shape index (κ1) is 23.9. The number of rotatable bonds is 9. The molecule has 33 heavy (non-hydrogen) atoms. The van der Waals surface area contributed by atoms with Crippen molar-refractivity contribution < 1.29 is 23.7 Å². The van der Waals surface area contributed by atoms with E-state index in [1.54, 1.807) is 6.07 Å². The van der Waals surface area contributed by atoms with Gasteiger partial charge in [0.15, 0.2) is 11.5 Å². The molecule has 0 bridgehead atoms. The summed E-state index contributed by atoms with van der Waals surface area (Å²) in [6.07, 6.45) is 0.781. The van der Waals surface area contributed by atoms with Crippen LogP contribution in [-0.4, -0.2) is 33.8 Å². The minimum absolute atomic E-state index is 0.251. The topological polar surface area (TPSA) is 92.0 Å². The van der Waals surface area contributed by atoms with Gasteiger partial charge in [-0.1, -0.05) is 18.2 Å². The van der Waals surface area contributed by atoms with Gasteiger partial charge in [0.1, 0.15) is 5.75 Å². The molecule has 0 aromatic heterocycles. The van der Waals surface area contributed by atoms with Crippen molar-refractivity contribution in [1.29, 1.82) is 0 Å². The van der Waals surface area contributed by atoms with Gasteiger partial charge in [-0.15, -0.1) is 0 Å². The minimum atomic E-state index is -0.362. The number of hydrogen-bond donors (Lipinski definition) is 2. The van der Waals surface area contributed by atoms with Crippen LogP contribution in [0.4, 0.5) is 5.69 Å². The van der Waals surface area contributed by atoms with E-state index in [0.29, 0.717) is 29.5 Å². The van der Waals surface area contributed by atoms with Crippen LogP contribution in [-0.2, 0) is 6.42 Å². The van der Waals surface area contributed by atoms with Crippen LogP contribution in [0.2, 0.25) is 0 Å². The number of methoxy groups -OCH3 is 3. The molecule has 7 heteroatoms. The van der Waals surface area contributed by atoms with Crippen molar-refractivity contribution in [2.24, 2.45) is 5.73 Å². The zero-order valence-electron chi connectivity index (χ0n) is 19.7. The molecule has 0 saturated carbocycles. The Morgan fingerprint density at radius 2 is 1.52 bits per heavy atom. The molecule has 0 aliphatic heterocycles. The second kappa shape index (κ2) is 10.7. The number of carbonyl (C=O) groups is 1. The third-order valence-electron chi connectivity index (χ3n) is 5.36. The second-order valence-electron chi connectivity index (χ2n) is 7.56. The van der Waals surface area contributed by atoms with Crippen molar-refractivity contribution in [3.05, 3.63) is 70.8 Å². The van der Waals surface area contributed by atoms with Crippen molar-refractivity contribution in [1.82, 2.24) is 0 Å². The fourth-order valence-electron chi connectivity index (χ4n) is 3.46. The molecule has 0 fully saturated rings. The fourth-order valence-corrected chi connectivity index (χ4v) is 3.46. The Balaban J connectivity index is 2.01. The highest BCUT2D eigenvalue weighted by Gasteiger charge is 2.26. The van der Waals surface area contributed by atoms with Crippen molar-refractivity contribution >= 4 is 11.6 Å². The van der Waals surface area contributed by atoms with Crippen LogP contribution in [0.5, 0.6) is 28.7 Å². The van der Waals surface area contributed by atoms with Gasteiger partial charge in [0, 0.05) is 11.8 Å². The van der Waals surface area contributed by atoms with E-state index in [4.69, 9.17) is 24.7 Å². The summed E-state index contributed by atoms with van der Waals surface area (Å²) in [5, 5.41) is 2.92. The maximum absolute atomic E-state index is 13.2. The predicted molar refractivity (Wildman–Crippen MR) is 129 cm³/mol. The standard InChI is InChI=1S/C26H30N2O5/c1-16-6-9-19(14-17(16)2)28-26(29)21-15-22(24(31-4)25(32-5)23(21)30-3)33-20-10-7-18(8-11-20)12-13-27/h6-11,14-15H,12-13,27H2,1-5H3,(H,28,29). The number of amides is 1. The minimum Gasteiger partial charge on any atom is -0.492 e. The van der Waals surface area contributed by atoms with Crippen LogP contribution >= 0.6 is 0 Å². The summed E-state index contributed by atoms with van der Waals surface area (Å²) in [4.78, 5) is 13.2. The lowest BCUT2D eigenvalue weighted by atomic mass is 10.1. The van der Waals surface area contributed by atoms with E-state index >= 15 is 0 Å². The number of aryl methyl sites for hydroxylation is 2. The monoisotopic (exact) mass is 450 g/mol. The molecule has 0 unspecified atom stereocenters. The first-order valence-electron chi connectivity index (χ1n) is 10.6. The molecule has 7 nitrogen and oxygen atoms in total. The Morgan fingerprint density at radius 3 is 2.09 bits per heavy atom. The summed E-state index contributed by atoms with van der Waals surface area (Å²) in [6, 6.07) is 14.9. The van der Waals surface area contributed by atoms with Crippen molar-refractivity contribution in [3.8, 4) is 28.7 Å². The highest BCUT2D eigenvalue weighted by Crippen LogP contribution is 2.48. The van der Waals surface area contributed by atoms with E-state index in [9.17, 15) is 4.79 Å². The average molecular weight is 451 g/mol. The summed E-state index contributed by atoms with van der Waals surface area (Å²) >= 11 is 0. The van der Waals surface area contributed by atoms with Gasteiger partial charge in [-0.3, -0.25) is 4.79 Å². The molecule has 1 amide bonds. The summed E-state index contributed by atoms with van der Waals surface area (Å²) in [7, 11) is 4.46. The van der Waals surface area contributed by atoms with Gasteiger partial charge in [0.25, 0.3) is 5.91 Å². The van der Waals surface area contributed by atoms with Crippen LogP contribution in [0.1, 0.15) is 27.0 Å². The number of hydrogen-bond acceptors (Lipinski definition) is 6. The van der Waals surface area contributed by atoms with E-state index in [1.165, 1.54) is 21.3 Å². The van der Waals surface area contributed by atoms with Gasteiger partial charge < -0.3 is 30.0 Å². The Hall–Kier alpha value is -3.71. The van der Waals surface area contributed by atoms with E-state index in [1.807, 2.05) is 56.3 Å². The molecule has 0 aliphatic carbocycles. The summed E-state index contributed by atoms with van der Waals surface area (Å²) in [5.41, 5.74) is 9.89. The van der Waals surface area contributed by atoms with Crippen molar-refractivity contribution in [3.63, 3.8) is 0 Å². The van der Waals surface area contributed by atoms with E-state index in [0.717, 1.165) is 23.1 Å². The lowest BCUT2D eigenvalue weighted by molar-refractivity contribution is 0.102. The quantitative estimate of drug-likeness (QED) is 0.483. The lowest BCUT2D eigenvalue weighted by Crippen LogP contribution is -2.14. The number of nitrogens with two attached hydrogens (primary N) is 1. The number of ether oxygens (including phenoxy) is 4. The predicted octanol–water partition coefficient (Wildman–Crippen LogP) is 4.88. The van der Waals surface area contributed by atoms with Gasteiger partial charge in [0.2, 0.25) is 11.5 Å². The number of carbonyl (C=O) groups excluding carboxylic acids is 1. The molecule has 3 aromatic carbocycles. The van der Waals surface area contributed by atoms with E-state index in [-0.39, 0.29) is 23.0 Å². The molecule has 0 aliphatic rings. The summed E-state index contributed by atoms with van der Waals surface area (Å²) in [5.74, 6) is 1.39. The highest BCUT2D eigenvalue weighted by molar-refractivity contribution is 6.07. The molecule has 3 N–H and O–H groups in total. The lowest BCUT2D eigenvalue weighted by Gasteiger charge is -2.19. The van der Waals surface area contributed by atoms with Gasteiger partial charge >= 0.3 is 0 Å². The molecular formula is C26H30N2O5. The third kappa shape index (κ3) is 5.38. The van der Waals surface area contributed by atoms with E-state index < -0.39 is 0 Å². The largest absolute Gasteiger partial charge is 0.492 e. The Bertz CT molecular complexity index is 1130. The Labute approximate surface area is 194 Å².